The number of benzene rings is 1. The van der Waals surface area contributed by atoms with Crippen molar-refractivity contribution >= 4 is 0 Å². The van der Waals surface area contributed by atoms with Crippen molar-refractivity contribution in [2.75, 3.05) is 13.7 Å². The van der Waals surface area contributed by atoms with E-state index in [1.54, 1.807) is 0 Å². The zero-order valence-electron chi connectivity index (χ0n) is 8.79. The van der Waals surface area contributed by atoms with E-state index in [2.05, 4.69) is 9.47 Å². The molecule has 0 spiro atoms. The normalized spacial score (nSPS) is 13.3. The minimum absolute atomic E-state index is 0.149. The number of ether oxygens (including phenoxy) is 2. The number of aliphatic hydroxyl groups excluding tert-OH is 1. The van der Waals surface area contributed by atoms with Crippen LogP contribution in [0.15, 0.2) is 18.2 Å². The van der Waals surface area contributed by atoms with Crippen molar-refractivity contribution in [3.05, 3.63) is 24.0 Å². The van der Waals surface area contributed by atoms with Crippen molar-refractivity contribution in [2.45, 2.75) is 12.3 Å². The zero-order chi connectivity index (χ0) is 13.1. The van der Waals surface area contributed by atoms with E-state index in [0.717, 1.165) is 6.07 Å². The van der Waals surface area contributed by atoms with Crippen LogP contribution in [0, 0.1) is 5.82 Å². The largest absolute Gasteiger partial charge is 0.494 e. The van der Waals surface area contributed by atoms with Gasteiger partial charge in [0.25, 0.3) is 0 Å². The van der Waals surface area contributed by atoms with Crippen molar-refractivity contribution in [3.63, 3.8) is 0 Å². The van der Waals surface area contributed by atoms with Crippen molar-refractivity contribution < 1.29 is 32.1 Å². The lowest BCUT2D eigenvalue weighted by Gasteiger charge is -2.15. The summed E-state index contributed by atoms with van der Waals surface area (Å²) in [4.78, 5) is 0. The average Bonchev–Trinajstić information content (AvgIpc) is 2.26. The molecule has 1 N–H and O–H groups in total. The van der Waals surface area contributed by atoms with Gasteiger partial charge in [0.15, 0.2) is 17.6 Å². The van der Waals surface area contributed by atoms with Crippen LogP contribution in [-0.4, -0.2) is 31.1 Å². The molecule has 0 aliphatic heterocycles. The molecular formula is C10H10F4O3. The van der Waals surface area contributed by atoms with E-state index in [4.69, 9.17) is 5.11 Å². The molecule has 0 heterocycles. The molecule has 0 saturated heterocycles. The van der Waals surface area contributed by atoms with E-state index in [1.807, 2.05) is 0 Å². The number of methoxy groups -OCH3 is 1. The Bertz CT molecular complexity index is 378. The Labute approximate surface area is 94.6 Å². The van der Waals surface area contributed by atoms with Gasteiger partial charge in [0.1, 0.15) is 6.61 Å². The van der Waals surface area contributed by atoms with Gasteiger partial charge in [0.2, 0.25) is 5.82 Å². The molecule has 0 fully saturated rings. The molecule has 0 radical (unpaired) electrons. The molecule has 0 unspecified atom stereocenters. The predicted octanol–water partition coefficient (Wildman–Crippen LogP) is 2.14. The lowest BCUT2D eigenvalue weighted by molar-refractivity contribution is -0.210. The second-order valence-corrected chi connectivity index (χ2v) is 3.14. The van der Waals surface area contributed by atoms with Crippen LogP contribution in [-0.2, 0) is 0 Å². The third-order valence-electron chi connectivity index (χ3n) is 1.92. The number of rotatable bonds is 4. The van der Waals surface area contributed by atoms with Gasteiger partial charge in [-0.1, -0.05) is 6.07 Å². The molecular weight excluding hydrogens is 244 g/mol. The van der Waals surface area contributed by atoms with Crippen LogP contribution >= 0.6 is 0 Å². The number of hydrogen-bond acceptors (Lipinski definition) is 3. The average molecular weight is 254 g/mol. The van der Waals surface area contributed by atoms with Gasteiger partial charge in [-0.15, -0.1) is 0 Å². The molecule has 7 heteroatoms. The molecule has 0 amide bonds. The first-order valence-electron chi connectivity index (χ1n) is 4.56. The standard InChI is InChI=1S/C10H10F4O3/c1-16-6-3-2-4-7(9(6)11)17-5-8(15)10(12,13)14/h2-4,8,15H,5H2,1H3/t8-/m0/s1. The Morgan fingerprint density at radius 3 is 2.41 bits per heavy atom. The van der Waals surface area contributed by atoms with Crippen molar-refractivity contribution in [3.8, 4) is 11.5 Å². The second-order valence-electron chi connectivity index (χ2n) is 3.14. The van der Waals surface area contributed by atoms with E-state index in [9.17, 15) is 17.6 Å². The van der Waals surface area contributed by atoms with Gasteiger partial charge >= 0.3 is 6.18 Å². The van der Waals surface area contributed by atoms with Crippen LogP contribution in [0.5, 0.6) is 11.5 Å². The Hall–Kier alpha value is -1.50. The molecule has 3 nitrogen and oxygen atoms in total. The van der Waals surface area contributed by atoms with Gasteiger partial charge in [0.05, 0.1) is 7.11 Å². The van der Waals surface area contributed by atoms with Gasteiger partial charge in [0, 0.05) is 0 Å². The molecule has 1 rings (SSSR count). The third-order valence-corrected chi connectivity index (χ3v) is 1.92. The van der Waals surface area contributed by atoms with E-state index in [-0.39, 0.29) is 5.75 Å². The van der Waals surface area contributed by atoms with E-state index < -0.39 is 30.5 Å². The maximum Gasteiger partial charge on any atom is 0.417 e. The topological polar surface area (TPSA) is 38.7 Å². The summed E-state index contributed by atoms with van der Waals surface area (Å²) >= 11 is 0. The van der Waals surface area contributed by atoms with Gasteiger partial charge in [-0.05, 0) is 12.1 Å². The van der Waals surface area contributed by atoms with Gasteiger partial charge < -0.3 is 14.6 Å². The van der Waals surface area contributed by atoms with Crippen LogP contribution in [0.25, 0.3) is 0 Å². The number of hydrogen-bond donors (Lipinski definition) is 1. The molecule has 0 bridgehead atoms. The van der Waals surface area contributed by atoms with Crippen LogP contribution < -0.4 is 9.47 Å². The molecule has 0 aromatic heterocycles. The maximum absolute atomic E-state index is 13.4. The van der Waals surface area contributed by atoms with Gasteiger partial charge in [-0.3, -0.25) is 0 Å². The summed E-state index contributed by atoms with van der Waals surface area (Å²) in [5.41, 5.74) is 0. The first kappa shape index (κ1) is 13.6. The minimum atomic E-state index is -4.80. The number of aliphatic hydroxyl groups is 1. The first-order chi connectivity index (χ1) is 7.86. The molecule has 0 saturated carbocycles. The molecule has 1 atom stereocenters. The highest BCUT2D eigenvalue weighted by Gasteiger charge is 2.38. The van der Waals surface area contributed by atoms with Crippen LogP contribution in [0.1, 0.15) is 0 Å². The fraction of sp³-hybridized carbons (Fsp3) is 0.400. The van der Waals surface area contributed by atoms with Gasteiger partial charge in [-0.25, -0.2) is 0 Å². The van der Waals surface area contributed by atoms with E-state index in [0.29, 0.717) is 0 Å². The van der Waals surface area contributed by atoms with Crippen LogP contribution in [0.4, 0.5) is 17.6 Å². The highest BCUT2D eigenvalue weighted by Crippen LogP contribution is 2.27. The molecule has 1 aromatic rings. The van der Waals surface area contributed by atoms with E-state index in [1.165, 1.54) is 19.2 Å². The quantitative estimate of drug-likeness (QED) is 0.836. The molecule has 0 aliphatic rings. The molecule has 17 heavy (non-hydrogen) atoms. The molecule has 0 aliphatic carbocycles. The lowest BCUT2D eigenvalue weighted by atomic mass is 10.3. The van der Waals surface area contributed by atoms with E-state index >= 15 is 0 Å². The summed E-state index contributed by atoms with van der Waals surface area (Å²) in [6.45, 7) is -1.08. The smallest absolute Gasteiger partial charge is 0.417 e. The number of halogens is 4. The van der Waals surface area contributed by atoms with Crippen molar-refractivity contribution in [1.82, 2.24) is 0 Å². The Morgan fingerprint density at radius 2 is 1.88 bits per heavy atom. The Balaban J connectivity index is 2.70. The predicted molar refractivity (Wildman–Crippen MR) is 50.5 cm³/mol. The Kier molecular flexibility index (Phi) is 4.17. The highest BCUT2D eigenvalue weighted by molar-refractivity contribution is 5.35. The van der Waals surface area contributed by atoms with Crippen molar-refractivity contribution in [2.24, 2.45) is 0 Å². The third kappa shape index (κ3) is 3.48. The minimum Gasteiger partial charge on any atom is -0.494 e. The highest BCUT2D eigenvalue weighted by atomic mass is 19.4. The summed E-state index contributed by atoms with van der Waals surface area (Å²) in [6, 6.07) is 3.79. The summed E-state index contributed by atoms with van der Waals surface area (Å²) in [7, 11) is 1.22. The van der Waals surface area contributed by atoms with Crippen molar-refractivity contribution in [1.29, 1.82) is 0 Å². The fourth-order valence-electron chi connectivity index (χ4n) is 1.02. The maximum atomic E-state index is 13.4. The Morgan fingerprint density at radius 1 is 1.29 bits per heavy atom. The molecule has 96 valence electrons. The summed E-state index contributed by atoms with van der Waals surface area (Å²) in [5.74, 6) is -1.47. The SMILES string of the molecule is COc1cccc(OC[C@H](O)C(F)(F)F)c1F. The second kappa shape index (κ2) is 5.22. The fourth-order valence-corrected chi connectivity index (χ4v) is 1.02. The summed E-state index contributed by atoms with van der Waals surface area (Å²) in [5, 5.41) is 8.66. The molecule has 1 aromatic carbocycles. The van der Waals surface area contributed by atoms with Gasteiger partial charge in [-0.2, -0.15) is 17.6 Å². The monoisotopic (exact) mass is 254 g/mol. The lowest BCUT2D eigenvalue weighted by Crippen LogP contribution is -2.34. The first-order valence-corrected chi connectivity index (χ1v) is 4.56. The van der Waals surface area contributed by atoms with Crippen LogP contribution in [0.2, 0.25) is 0 Å². The summed E-state index contributed by atoms with van der Waals surface area (Å²) in [6.07, 6.45) is -7.46. The number of alkyl halides is 3. The van der Waals surface area contributed by atoms with Crippen LogP contribution in [0.3, 0.4) is 0 Å². The summed E-state index contributed by atoms with van der Waals surface area (Å²) < 4.78 is 58.4. The zero-order valence-corrected chi connectivity index (χ0v) is 8.79.